The van der Waals surface area contributed by atoms with Crippen molar-refractivity contribution in [1.82, 2.24) is 14.7 Å². The molecule has 0 spiro atoms. The van der Waals surface area contributed by atoms with Gasteiger partial charge in [-0.2, -0.15) is 0 Å². The van der Waals surface area contributed by atoms with Crippen molar-refractivity contribution < 1.29 is 8.42 Å². The van der Waals surface area contributed by atoms with Crippen LogP contribution in [0, 0.1) is 5.92 Å². The number of sulfonamides is 1. The summed E-state index contributed by atoms with van der Waals surface area (Å²) in [6.45, 7) is 0.285. The number of aromatic amines is 2. The van der Waals surface area contributed by atoms with Crippen molar-refractivity contribution in [1.29, 1.82) is 0 Å². The third-order valence-electron chi connectivity index (χ3n) is 3.55. The first-order valence-corrected chi connectivity index (χ1v) is 7.92. The van der Waals surface area contributed by atoms with Gasteiger partial charge in [0.1, 0.15) is 0 Å². The Labute approximate surface area is 115 Å². The maximum atomic E-state index is 12.3. The lowest BCUT2D eigenvalue weighted by atomic mass is 10.2. The minimum atomic E-state index is -3.62. The van der Waals surface area contributed by atoms with Gasteiger partial charge in [-0.05, 0) is 37.0 Å². The highest BCUT2D eigenvalue weighted by Gasteiger charge is 2.33. The van der Waals surface area contributed by atoms with Gasteiger partial charge in [-0.3, -0.25) is 0 Å². The standard InChI is InChI=1S/C12H16N4O3S/c13-6-11(7-1-2-7)16-20(18,19)8-3-4-9-10(5-8)15-12(17)14-9/h3-5,7,11,16H,1-2,6,13H2,(H2,14,15,17). The van der Waals surface area contributed by atoms with Crippen LogP contribution in [-0.2, 0) is 10.0 Å². The van der Waals surface area contributed by atoms with Crippen molar-refractivity contribution in [2.75, 3.05) is 6.54 Å². The van der Waals surface area contributed by atoms with E-state index in [2.05, 4.69) is 14.7 Å². The van der Waals surface area contributed by atoms with E-state index in [9.17, 15) is 13.2 Å². The molecule has 1 aromatic heterocycles. The van der Waals surface area contributed by atoms with Gasteiger partial charge in [0.15, 0.2) is 0 Å². The Morgan fingerprint density at radius 1 is 1.30 bits per heavy atom. The van der Waals surface area contributed by atoms with E-state index in [1.807, 2.05) is 0 Å². The number of nitrogens with one attached hydrogen (secondary N) is 3. The summed E-state index contributed by atoms with van der Waals surface area (Å²) in [5.41, 5.74) is 6.29. The molecular formula is C12H16N4O3S. The molecule has 1 fully saturated rings. The molecular weight excluding hydrogens is 280 g/mol. The Morgan fingerprint density at radius 2 is 2.00 bits per heavy atom. The smallest absolute Gasteiger partial charge is 0.323 e. The van der Waals surface area contributed by atoms with Gasteiger partial charge < -0.3 is 15.7 Å². The highest BCUT2D eigenvalue weighted by atomic mass is 32.2. The molecule has 0 amide bonds. The first-order valence-electron chi connectivity index (χ1n) is 6.44. The van der Waals surface area contributed by atoms with Gasteiger partial charge in [-0.15, -0.1) is 0 Å². The zero-order valence-electron chi connectivity index (χ0n) is 10.7. The molecule has 1 heterocycles. The van der Waals surface area contributed by atoms with Gasteiger partial charge in [0, 0.05) is 12.6 Å². The van der Waals surface area contributed by atoms with Gasteiger partial charge in [0.2, 0.25) is 10.0 Å². The molecule has 1 unspecified atom stereocenters. The average molecular weight is 296 g/mol. The summed E-state index contributed by atoms with van der Waals surface area (Å²) in [7, 11) is -3.62. The zero-order chi connectivity index (χ0) is 14.3. The molecule has 8 heteroatoms. The van der Waals surface area contributed by atoms with Gasteiger partial charge in [0.25, 0.3) is 0 Å². The fraction of sp³-hybridized carbons (Fsp3) is 0.417. The van der Waals surface area contributed by atoms with Crippen molar-refractivity contribution in [2.45, 2.75) is 23.8 Å². The maximum Gasteiger partial charge on any atom is 0.323 e. The summed E-state index contributed by atoms with van der Waals surface area (Å²) < 4.78 is 27.3. The number of fused-ring (bicyclic) bond motifs is 1. The van der Waals surface area contributed by atoms with Crippen molar-refractivity contribution in [3.05, 3.63) is 28.7 Å². The molecule has 0 bridgehead atoms. The second-order valence-electron chi connectivity index (χ2n) is 5.09. The highest BCUT2D eigenvalue weighted by molar-refractivity contribution is 7.89. The van der Waals surface area contributed by atoms with Crippen LogP contribution in [0.5, 0.6) is 0 Å². The Kier molecular flexibility index (Phi) is 3.15. The molecule has 0 radical (unpaired) electrons. The number of benzene rings is 1. The van der Waals surface area contributed by atoms with E-state index in [1.165, 1.54) is 12.1 Å². The number of rotatable bonds is 5. The Hall–Kier alpha value is -1.64. The molecule has 1 aromatic carbocycles. The van der Waals surface area contributed by atoms with Crippen molar-refractivity contribution in [3.63, 3.8) is 0 Å². The monoisotopic (exact) mass is 296 g/mol. The SMILES string of the molecule is NCC(NS(=O)(=O)c1ccc2[nH]c(=O)[nH]c2c1)C1CC1. The largest absolute Gasteiger partial charge is 0.329 e. The van der Waals surface area contributed by atoms with Crippen LogP contribution in [0.25, 0.3) is 11.0 Å². The van der Waals surface area contributed by atoms with Gasteiger partial charge in [-0.25, -0.2) is 17.9 Å². The fourth-order valence-electron chi connectivity index (χ4n) is 2.28. The van der Waals surface area contributed by atoms with E-state index in [4.69, 9.17) is 5.73 Å². The van der Waals surface area contributed by atoms with Crippen LogP contribution in [0.4, 0.5) is 0 Å². The predicted octanol–water partition coefficient (Wildman–Crippen LogP) is -0.128. The number of hydrogen-bond donors (Lipinski definition) is 4. The molecule has 7 nitrogen and oxygen atoms in total. The van der Waals surface area contributed by atoms with E-state index in [0.29, 0.717) is 17.0 Å². The first-order chi connectivity index (χ1) is 9.49. The van der Waals surface area contributed by atoms with Crippen molar-refractivity contribution in [2.24, 2.45) is 11.7 Å². The summed E-state index contributed by atoms with van der Waals surface area (Å²) in [5.74, 6) is 0.338. The van der Waals surface area contributed by atoms with Crippen LogP contribution < -0.4 is 16.1 Å². The van der Waals surface area contributed by atoms with Crippen LogP contribution in [-0.4, -0.2) is 31.0 Å². The molecule has 0 aliphatic heterocycles. The highest BCUT2D eigenvalue weighted by Crippen LogP contribution is 2.33. The Bertz CT molecular complexity index is 788. The maximum absolute atomic E-state index is 12.3. The normalized spacial score (nSPS) is 17.4. The number of aromatic nitrogens is 2. The van der Waals surface area contributed by atoms with Gasteiger partial charge >= 0.3 is 5.69 Å². The summed E-state index contributed by atoms with van der Waals surface area (Å²) in [6.07, 6.45) is 2.02. The van der Waals surface area contributed by atoms with Gasteiger partial charge in [0.05, 0.1) is 15.9 Å². The minimum Gasteiger partial charge on any atom is -0.329 e. The van der Waals surface area contributed by atoms with E-state index in [-0.39, 0.29) is 23.2 Å². The van der Waals surface area contributed by atoms with E-state index in [1.54, 1.807) is 6.07 Å². The summed E-state index contributed by atoms with van der Waals surface area (Å²) >= 11 is 0. The second-order valence-corrected chi connectivity index (χ2v) is 6.80. The van der Waals surface area contributed by atoms with Crippen molar-refractivity contribution >= 4 is 21.1 Å². The van der Waals surface area contributed by atoms with Crippen LogP contribution in [0.15, 0.2) is 27.9 Å². The predicted molar refractivity (Wildman–Crippen MR) is 74.8 cm³/mol. The average Bonchev–Trinajstić information content (AvgIpc) is 3.16. The Balaban J connectivity index is 1.93. The van der Waals surface area contributed by atoms with E-state index >= 15 is 0 Å². The lowest BCUT2D eigenvalue weighted by molar-refractivity contribution is 0.519. The van der Waals surface area contributed by atoms with Crippen molar-refractivity contribution in [3.8, 4) is 0 Å². The van der Waals surface area contributed by atoms with Crippen LogP contribution in [0.1, 0.15) is 12.8 Å². The fourth-order valence-corrected chi connectivity index (χ4v) is 3.63. The minimum absolute atomic E-state index is 0.124. The molecule has 5 N–H and O–H groups in total. The molecule has 3 rings (SSSR count). The molecule has 1 saturated carbocycles. The zero-order valence-corrected chi connectivity index (χ0v) is 11.5. The molecule has 0 saturated heterocycles. The molecule has 108 valence electrons. The lowest BCUT2D eigenvalue weighted by Gasteiger charge is -2.16. The number of nitrogens with two attached hydrogens (primary N) is 1. The Morgan fingerprint density at radius 3 is 2.65 bits per heavy atom. The third-order valence-corrected chi connectivity index (χ3v) is 5.04. The second kappa shape index (κ2) is 4.72. The van der Waals surface area contributed by atoms with Crippen LogP contribution in [0.2, 0.25) is 0 Å². The molecule has 20 heavy (non-hydrogen) atoms. The molecule has 1 atom stereocenters. The number of hydrogen-bond acceptors (Lipinski definition) is 4. The molecule has 1 aliphatic carbocycles. The number of imidazole rings is 1. The quantitative estimate of drug-likeness (QED) is 0.614. The summed E-state index contributed by atoms with van der Waals surface area (Å²) in [6, 6.07) is 4.25. The third kappa shape index (κ3) is 2.49. The lowest BCUT2D eigenvalue weighted by Crippen LogP contribution is -2.41. The summed E-state index contributed by atoms with van der Waals surface area (Å²) in [5, 5.41) is 0. The molecule has 1 aliphatic rings. The summed E-state index contributed by atoms with van der Waals surface area (Å²) in [4.78, 5) is 16.4. The number of H-pyrrole nitrogens is 2. The van der Waals surface area contributed by atoms with Crippen LogP contribution in [0.3, 0.4) is 0 Å². The van der Waals surface area contributed by atoms with Gasteiger partial charge in [-0.1, -0.05) is 0 Å². The van der Waals surface area contributed by atoms with Crippen LogP contribution >= 0.6 is 0 Å². The first kappa shape index (κ1) is 13.3. The molecule has 2 aromatic rings. The van der Waals surface area contributed by atoms with E-state index in [0.717, 1.165) is 12.8 Å². The van der Waals surface area contributed by atoms with E-state index < -0.39 is 10.0 Å². The topological polar surface area (TPSA) is 121 Å².